The zero-order valence-corrected chi connectivity index (χ0v) is 17.6. The number of carbonyl (C=O) groups is 1. The van der Waals surface area contributed by atoms with Gasteiger partial charge in [0.1, 0.15) is 5.82 Å². The Hall–Kier alpha value is -2.25. The van der Waals surface area contributed by atoms with Gasteiger partial charge in [-0.15, -0.1) is 0 Å². The Morgan fingerprint density at radius 1 is 1.17 bits per heavy atom. The molecule has 1 heterocycles. The number of benzene rings is 2. The minimum atomic E-state index is -3.41. The Labute approximate surface area is 172 Å². The molecule has 1 aliphatic heterocycles. The lowest BCUT2D eigenvalue weighted by atomic mass is 9.96. The standard InChI is InChI=1S/C22H27FN2O3S/c1-16-4-3-5-18(14-16)15-29(27,28)25-12-10-20(11-13-25)22(26)24-17(2)19-6-8-21(23)9-7-19/h3-9,14,17,20H,10-13,15H2,1-2H3,(H,24,26)/t17-/m0/s1. The van der Waals surface area contributed by atoms with E-state index < -0.39 is 10.0 Å². The van der Waals surface area contributed by atoms with Gasteiger partial charge in [0.25, 0.3) is 0 Å². The third-order valence-corrected chi connectivity index (χ3v) is 7.23. The maximum atomic E-state index is 13.1. The van der Waals surface area contributed by atoms with E-state index in [1.54, 1.807) is 12.1 Å². The van der Waals surface area contributed by atoms with Crippen LogP contribution < -0.4 is 5.32 Å². The van der Waals surface area contributed by atoms with E-state index in [4.69, 9.17) is 0 Å². The average Bonchev–Trinajstić information content (AvgIpc) is 2.68. The molecule has 0 aromatic heterocycles. The second-order valence-corrected chi connectivity index (χ2v) is 9.67. The van der Waals surface area contributed by atoms with Crippen molar-refractivity contribution in [1.29, 1.82) is 0 Å². The van der Waals surface area contributed by atoms with Crippen LogP contribution in [0.15, 0.2) is 48.5 Å². The highest BCUT2D eigenvalue weighted by atomic mass is 32.2. The largest absolute Gasteiger partial charge is 0.349 e. The maximum Gasteiger partial charge on any atom is 0.223 e. The lowest BCUT2D eigenvalue weighted by Gasteiger charge is -2.31. The summed E-state index contributed by atoms with van der Waals surface area (Å²) >= 11 is 0. The number of sulfonamides is 1. The fourth-order valence-electron chi connectivity index (χ4n) is 3.67. The molecule has 5 nitrogen and oxygen atoms in total. The minimum absolute atomic E-state index is 0.0207. The van der Waals surface area contributed by atoms with E-state index in [-0.39, 0.29) is 29.4 Å². The molecule has 1 N–H and O–H groups in total. The summed E-state index contributed by atoms with van der Waals surface area (Å²) in [5.74, 6) is -0.639. The summed E-state index contributed by atoms with van der Waals surface area (Å²) in [5, 5.41) is 2.96. The van der Waals surface area contributed by atoms with Crippen LogP contribution in [0.1, 0.15) is 42.5 Å². The smallest absolute Gasteiger partial charge is 0.223 e. The van der Waals surface area contributed by atoms with Crippen molar-refractivity contribution >= 4 is 15.9 Å². The van der Waals surface area contributed by atoms with Gasteiger partial charge in [-0.05, 0) is 49.9 Å². The van der Waals surface area contributed by atoms with Crippen LogP contribution in [-0.2, 0) is 20.6 Å². The van der Waals surface area contributed by atoms with Crippen molar-refractivity contribution in [3.8, 4) is 0 Å². The first-order chi connectivity index (χ1) is 13.7. The Kier molecular flexibility index (Phi) is 6.70. The second kappa shape index (κ2) is 9.05. The van der Waals surface area contributed by atoms with Crippen LogP contribution in [-0.4, -0.2) is 31.7 Å². The Morgan fingerprint density at radius 2 is 1.83 bits per heavy atom. The molecule has 2 aromatic carbocycles. The number of rotatable bonds is 6. The van der Waals surface area contributed by atoms with Crippen molar-refractivity contribution in [3.05, 3.63) is 71.0 Å². The van der Waals surface area contributed by atoms with Gasteiger partial charge >= 0.3 is 0 Å². The van der Waals surface area contributed by atoms with E-state index in [1.807, 2.05) is 38.1 Å². The number of hydrogen-bond donors (Lipinski definition) is 1. The predicted octanol–water partition coefficient (Wildman–Crippen LogP) is 3.55. The summed E-state index contributed by atoms with van der Waals surface area (Å²) in [6, 6.07) is 13.3. The summed E-state index contributed by atoms with van der Waals surface area (Å²) < 4.78 is 40.0. The van der Waals surface area contributed by atoms with Crippen LogP contribution in [0.25, 0.3) is 0 Å². The SMILES string of the molecule is Cc1cccc(CS(=O)(=O)N2CCC(C(=O)N[C@@H](C)c3ccc(F)cc3)CC2)c1. The second-order valence-electron chi connectivity index (χ2n) is 7.70. The number of piperidine rings is 1. The van der Waals surface area contributed by atoms with E-state index >= 15 is 0 Å². The molecule has 0 radical (unpaired) electrons. The fraction of sp³-hybridized carbons (Fsp3) is 0.409. The molecule has 0 unspecified atom stereocenters. The molecule has 1 saturated heterocycles. The average molecular weight is 419 g/mol. The van der Waals surface area contributed by atoms with Gasteiger partial charge in [0.15, 0.2) is 0 Å². The van der Waals surface area contributed by atoms with Gasteiger partial charge in [-0.1, -0.05) is 42.0 Å². The quantitative estimate of drug-likeness (QED) is 0.780. The first kappa shape index (κ1) is 21.5. The van der Waals surface area contributed by atoms with Crippen LogP contribution >= 0.6 is 0 Å². The van der Waals surface area contributed by atoms with Gasteiger partial charge in [-0.2, -0.15) is 0 Å². The number of hydrogen-bond acceptors (Lipinski definition) is 3. The van der Waals surface area contributed by atoms with Crippen molar-refractivity contribution in [1.82, 2.24) is 9.62 Å². The number of nitrogens with one attached hydrogen (secondary N) is 1. The van der Waals surface area contributed by atoms with Crippen LogP contribution in [0.5, 0.6) is 0 Å². The van der Waals surface area contributed by atoms with Gasteiger partial charge in [0.2, 0.25) is 15.9 Å². The molecule has 0 aliphatic carbocycles. The van der Waals surface area contributed by atoms with E-state index in [2.05, 4.69) is 5.32 Å². The van der Waals surface area contributed by atoms with Gasteiger partial charge in [0, 0.05) is 19.0 Å². The normalized spacial score (nSPS) is 17.1. The molecule has 1 fully saturated rings. The van der Waals surface area contributed by atoms with Crippen molar-refractivity contribution < 1.29 is 17.6 Å². The molecule has 0 spiro atoms. The molecule has 3 rings (SSSR count). The van der Waals surface area contributed by atoms with E-state index in [9.17, 15) is 17.6 Å². The molecule has 1 aliphatic rings. The third-order valence-electron chi connectivity index (χ3n) is 5.38. The summed E-state index contributed by atoms with van der Waals surface area (Å²) in [5.41, 5.74) is 2.64. The highest BCUT2D eigenvalue weighted by Gasteiger charge is 2.31. The molecule has 0 bridgehead atoms. The summed E-state index contributed by atoms with van der Waals surface area (Å²) in [4.78, 5) is 12.6. The van der Waals surface area contributed by atoms with Crippen LogP contribution in [0.2, 0.25) is 0 Å². The lowest BCUT2D eigenvalue weighted by molar-refractivity contribution is -0.126. The molecular formula is C22H27FN2O3S. The van der Waals surface area contributed by atoms with Gasteiger partial charge in [-0.25, -0.2) is 17.1 Å². The number of nitrogens with zero attached hydrogens (tertiary/aromatic N) is 1. The third kappa shape index (κ3) is 5.64. The number of amides is 1. The van der Waals surface area contributed by atoms with Crippen LogP contribution in [0.4, 0.5) is 4.39 Å². The topological polar surface area (TPSA) is 66.5 Å². The van der Waals surface area contributed by atoms with Crippen molar-refractivity contribution in [2.75, 3.05) is 13.1 Å². The number of aryl methyl sites for hydroxylation is 1. The predicted molar refractivity (Wildman–Crippen MR) is 111 cm³/mol. The molecule has 2 aromatic rings. The van der Waals surface area contributed by atoms with Gasteiger partial charge in [-0.3, -0.25) is 4.79 Å². The molecule has 0 saturated carbocycles. The van der Waals surface area contributed by atoms with Crippen LogP contribution in [0, 0.1) is 18.7 Å². The Morgan fingerprint density at radius 3 is 2.45 bits per heavy atom. The van der Waals surface area contributed by atoms with Crippen molar-refractivity contribution in [2.45, 2.75) is 38.5 Å². The Bertz CT molecular complexity index is 952. The summed E-state index contributed by atoms with van der Waals surface area (Å²) in [6.45, 7) is 4.48. The molecular weight excluding hydrogens is 391 g/mol. The monoisotopic (exact) mass is 418 g/mol. The minimum Gasteiger partial charge on any atom is -0.349 e. The molecule has 1 amide bonds. The van der Waals surface area contributed by atoms with Crippen molar-refractivity contribution in [2.24, 2.45) is 5.92 Å². The maximum absolute atomic E-state index is 13.1. The van der Waals surface area contributed by atoms with Gasteiger partial charge in [0.05, 0.1) is 11.8 Å². The zero-order valence-electron chi connectivity index (χ0n) is 16.8. The number of halogens is 1. The summed E-state index contributed by atoms with van der Waals surface area (Å²) in [7, 11) is -3.41. The fourth-order valence-corrected chi connectivity index (χ4v) is 5.22. The zero-order chi connectivity index (χ0) is 21.0. The molecule has 7 heteroatoms. The first-order valence-corrected chi connectivity index (χ1v) is 11.4. The molecule has 156 valence electrons. The summed E-state index contributed by atoms with van der Waals surface area (Å²) in [6.07, 6.45) is 0.990. The lowest BCUT2D eigenvalue weighted by Crippen LogP contribution is -2.43. The Balaban J connectivity index is 1.54. The molecule has 29 heavy (non-hydrogen) atoms. The van der Waals surface area contributed by atoms with Crippen molar-refractivity contribution in [3.63, 3.8) is 0 Å². The van der Waals surface area contributed by atoms with E-state index in [1.165, 1.54) is 16.4 Å². The first-order valence-electron chi connectivity index (χ1n) is 9.84. The van der Waals surface area contributed by atoms with E-state index in [0.717, 1.165) is 16.7 Å². The van der Waals surface area contributed by atoms with Crippen LogP contribution in [0.3, 0.4) is 0 Å². The highest BCUT2D eigenvalue weighted by Crippen LogP contribution is 2.23. The molecule has 1 atom stereocenters. The number of carbonyl (C=O) groups excluding carboxylic acids is 1. The highest BCUT2D eigenvalue weighted by molar-refractivity contribution is 7.88. The van der Waals surface area contributed by atoms with E-state index in [0.29, 0.717) is 25.9 Å². The van der Waals surface area contributed by atoms with Gasteiger partial charge < -0.3 is 5.32 Å².